The number of nitro benzene ring substituents is 1. The molecule has 1 aliphatic rings. The molecular weight excluding hydrogens is 358 g/mol. The van der Waals surface area contributed by atoms with E-state index in [1.54, 1.807) is 55.5 Å². The Balaban J connectivity index is 1.66. The number of nitrogens with zero attached hydrogens (tertiary/aromatic N) is 3. The first-order valence-electron chi connectivity index (χ1n) is 8.55. The van der Waals surface area contributed by atoms with Crippen LogP contribution < -0.4 is 5.01 Å². The molecule has 0 radical (unpaired) electrons. The molecule has 2 aromatic carbocycles. The summed E-state index contributed by atoms with van der Waals surface area (Å²) in [6.45, 7) is 1.75. The van der Waals surface area contributed by atoms with Crippen LogP contribution in [0.1, 0.15) is 12.7 Å². The highest BCUT2D eigenvalue weighted by Gasteiger charge is 2.29. The Labute approximate surface area is 160 Å². The summed E-state index contributed by atoms with van der Waals surface area (Å²) in [7, 11) is 0. The van der Waals surface area contributed by atoms with Crippen molar-refractivity contribution < 1.29 is 14.1 Å². The molecule has 2 heterocycles. The van der Waals surface area contributed by atoms with E-state index in [9.17, 15) is 14.9 Å². The fourth-order valence-electron chi connectivity index (χ4n) is 2.99. The molecule has 0 atom stereocenters. The third kappa shape index (κ3) is 3.09. The summed E-state index contributed by atoms with van der Waals surface area (Å²) in [5.41, 5.74) is 1.99. The van der Waals surface area contributed by atoms with Crippen LogP contribution in [0.25, 0.3) is 17.4 Å². The van der Waals surface area contributed by atoms with Crippen LogP contribution in [0.2, 0.25) is 0 Å². The SMILES string of the molecule is CC1=NN(c2ccccc2)C(=O)/C1=C/c1ccc(-c2ccccc2[N+](=O)[O-])o1. The molecule has 0 unspecified atom stereocenters. The van der Waals surface area contributed by atoms with Gasteiger partial charge in [-0.25, -0.2) is 0 Å². The van der Waals surface area contributed by atoms with E-state index < -0.39 is 4.92 Å². The van der Waals surface area contributed by atoms with E-state index in [-0.39, 0.29) is 11.6 Å². The molecule has 1 amide bonds. The Morgan fingerprint density at radius 1 is 1.04 bits per heavy atom. The van der Waals surface area contributed by atoms with Gasteiger partial charge in [0.25, 0.3) is 11.6 Å². The normalized spacial score (nSPS) is 15.2. The number of hydrogen-bond acceptors (Lipinski definition) is 5. The number of carbonyl (C=O) groups is 1. The van der Waals surface area contributed by atoms with Gasteiger partial charge in [0, 0.05) is 6.07 Å². The summed E-state index contributed by atoms with van der Waals surface area (Å²) in [6, 6.07) is 18.8. The van der Waals surface area contributed by atoms with Gasteiger partial charge in [-0.15, -0.1) is 0 Å². The van der Waals surface area contributed by atoms with Crippen LogP contribution in [0.15, 0.2) is 81.8 Å². The van der Waals surface area contributed by atoms with Crippen molar-refractivity contribution in [3.63, 3.8) is 0 Å². The molecule has 0 saturated carbocycles. The second-order valence-electron chi connectivity index (χ2n) is 6.17. The Hall–Kier alpha value is -4.00. The summed E-state index contributed by atoms with van der Waals surface area (Å²) in [6.07, 6.45) is 1.60. The van der Waals surface area contributed by atoms with Crippen LogP contribution in [0, 0.1) is 10.1 Å². The Morgan fingerprint density at radius 2 is 1.75 bits per heavy atom. The molecule has 4 rings (SSSR count). The predicted octanol–water partition coefficient (Wildman–Crippen LogP) is 4.66. The topological polar surface area (TPSA) is 89.0 Å². The second kappa shape index (κ2) is 6.96. The molecule has 7 heteroatoms. The number of rotatable bonds is 4. The summed E-state index contributed by atoms with van der Waals surface area (Å²) in [5.74, 6) is 0.521. The molecular formula is C21H15N3O4. The highest BCUT2D eigenvalue weighted by atomic mass is 16.6. The summed E-state index contributed by atoms with van der Waals surface area (Å²) in [4.78, 5) is 23.5. The first kappa shape index (κ1) is 17.4. The van der Waals surface area contributed by atoms with Crippen molar-refractivity contribution in [3.05, 3.63) is 88.2 Å². The van der Waals surface area contributed by atoms with Crippen LogP contribution in [0.4, 0.5) is 11.4 Å². The number of hydrazone groups is 1. The van der Waals surface area contributed by atoms with E-state index in [0.29, 0.717) is 34.1 Å². The zero-order valence-electron chi connectivity index (χ0n) is 14.9. The van der Waals surface area contributed by atoms with Gasteiger partial charge in [-0.2, -0.15) is 10.1 Å². The van der Waals surface area contributed by atoms with Gasteiger partial charge in [-0.3, -0.25) is 14.9 Å². The quantitative estimate of drug-likeness (QED) is 0.378. The van der Waals surface area contributed by atoms with Gasteiger partial charge in [0.15, 0.2) is 0 Å². The maximum atomic E-state index is 12.8. The number of benzene rings is 2. The largest absolute Gasteiger partial charge is 0.456 e. The van der Waals surface area contributed by atoms with Gasteiger partial charge in [0.1, 0.15) is 11.5 Å². The molecule has 0 saturated heterocycles. The van der Waals surface area contributed by atoms with E-state index in [4.69, 9.17) is 4.42 Å². The minimum atomic E-state index is -0.453. The van der Waals surface area contributed by atoms with Crippen LogP contribution in [0.5, 0.6) is 0 Å². The van der Waals surface area contributed by atoms with E-state index in [0.717, 1.165) is 0 Å². The highest BCUT2D eigenvalue weighted by molar-refractivity contribution is 6.32. The predicted molar refractivity (Wildman–Crippen MR) is 106 cm³/mol. The molecule has 3 aromatic rings. The Kier molecular flexibility index (Phi) is 4.33. The fourth-order valence-corrected chi connectivity index (χ4v) is 2.99. The number of anilines is 1. The van der Waals surface area contributed by atoms with Crippen molar-refractivity contribution in [2.24, 2.45) is 5.10 Å². The second-order valence-corrected chi connectivity index (χ2v) is 6.17. The van der Waals surface area contributed by atoms with Crippen LogP contribution >= 0.6 is 0 Å². The van der Waals surface area contributed by atoms with Gasteiger partial charge in [0.05, 0.1) is 27.5 Å². The first-order chi connectivity index (χ1) is 13.5. The van der Waals surface area contributed by atoms with Crippen LogP contribution in [-0.2, 0) is 4.79 Å². The Morgan fingerprint density at radius 3 is 2.50 bits per heavy atom. The van der Waals surface area contributed by atoms with E-state index in [1.165, 1.54) is 11.1 Å². The van der Waals surface area contributed by atoms with Crippen LogP contribution in [-0.4, -0.2) is 16.5 Å². The van der Waals surface area contributed by atoms with Gasteiger partial charge < -0.3 is 4.42 Å². The van der Waals surface area contributed by atoms with Gasteiger partial charge >= 0.3 is 0 Å². The van der Waals surface area contributed by atoms with E-state index in [2.05, 4.69) is 5.10 Å². The monoisotopic (exact) mass is 373 g/mol. The number of para-hydroxylation sites is 2. The third-order valence-corrected chi connectivity index (χ3v) is 4.34. The minimum absolute atomic E-state index is 0.0407. The fraction of sp³-hybridized carbons (Fsp3) is 0.0476. The maximum Gasteiger partial charge on any atom is 0.280 e. The molecule has 138 valence electrons. The van der Waals surface area contributed by atoms with E-state index in [1.807, 2.05) is 18.2 Å². The average molecular weight is 373 g/mol. The zero-order valence-corrected chi connectivity index (χ0v) is 14.9. The number of nitro groups is 1. The molecule has 28 heavy (non-hydrogen) atoms. The third-order valence-electron chi connectivity index (χ3n) is 4.34. The summed E-state index contributed by atoms with van der Waals surface area (Å²) < 4.78 is 5.75. The zero-order chi connectivity index (χ0) is 19.7. The summed E-state index contributed by atoms with van der Waals surface area (Å²) >= 11 is 0. The molecule has 1 aromatic heterocycles. The molecule has 0 spiro atoms. The van der Waals surface area contributed by atoms with Crippen molar-refractivity contribution in [1.29, 1.82) is 0 Å². The molecule has 0 N–H and O–H groups in total. The lowest BCUT2D eigenvalue weighted by Gasteiger charge is -2.10. The molecule has 7 nitrogen and oxygen atoms in total. The van der Waals surface area contributed by atoms with Crippen molar-refractivity contribution >= 4 is 29.1 Å². The molecule has 1 aliphatic heterocycles. The Bertz CT molecular complexity index is 1130. The lowest BCUT2D eigenvalue weighted by Crippen LogP contribution is -2.21. The molecule has 0 aliphatic carbocycles. The minimum Gasteiger partial charge on any atom is -0.456 e. The highest BCUT2D eigenvalue weighted by Crippen LogP contribution is 2.32. The van der Waals surface area contributed by atoms with Crippen molar-refractivity contribution in [1.82, 2.24) is 0 Å². The van der Waals surface area contributed by atoms with Gasteiger partial charge in [0.2, 0.25) is 0 Å². The number of amides is 1. The maximum absolute atomic E-state index is 12.8. The average Bonchev–Trinajstić information content (AvgIpc) is 3.29. The molecule has 0 fully saturated rings. The number of hydrogen-bond donors (Lipinski definition) is 0. The lowest BCUT2D eigenvalue weighted by atomic mass is 10.1. The van der Waals surface area contributed by atoms with Gasteiger partial charge in [-0.1, -0.05) is 30.3 Å². The summed E-state index contributed by atoms with van der Waals surface area (Å²) in [5, 5.41) is 16.9. The first-order valence-corrected chi connectivity index (χ1v) is 8.55. The van der Waals surface area contributed by atoms with Crippen molar-refractivity contribution in [2.45, 2.75) is 6.92 Å². The lowest BCUT2D eigenvalue weighted by molar-refractivity contribution is -0.384. The number of carbonyl (C=O) groups excluding carboxylic acids is 1. The van der Waals surface area contributed by atoms with E-state index >= 15 is 0 Å². The molecule has 0 bridgehead atoms. The van der Waals surface area contributed by atoms with Gasteiger partial charge in [-0.05, 0) is 43.3 Å². The van der Waals surface area contributed by atoms with Crippen LogP contribution in [0.3, 0.4) is 0 Å². The van der Waals surface area contributed by atoms with Crippen molar-refractivity contribution in [3.8, 4) is 11.3 Å². The standard InChI is InChI=1S/C21H15N3O4/c1-14-18(21(25)23(22-14)15-7-3-2-4-8-15)13-16-11-12-20(28-16)17-9-5-6-10-19(17)24(26)27/h2-13H,1H3/b18-13+. The smallest absolute Gasteiger partial charge is 0.280 e. The number of furan rings is 1. The van der Waals surface area contributed by atoms with Crippen molar-refractivity contribution in [2.75, 3.05) is 5.01 Å².